The maximum Gasteiger partial charge on any atom is 0.343 e. The second-order valence-corrected chi connectivity index (χ2v) is 11.9. The molecule has 0 radical (unpaired) electrons. The number of methoxy groups -OCH3 is 2. The van der Waals surface area contributed by atoms with Crippen molar-refractivity contribution in [2.75, 3.05) is 33.2 Å². The van der Waals surface area contributed by atoms with Crippen molar-refractivity contribution < 1.29 is 38.4 Å². The largest absolute Gasteiger partial charge is 0.494 e. The lowest BCUT2D eigenvalue weighted by atomic mass is 9.86. The van der Waals surface area contributed by atoms with Crippen molar-refractivity contribution in [3.63, 3.8) is 0 Å². The van der Waals surface area contributed by atoms with Crippen LogP contribution in [-0.4, -0.2) is 54.0 Å². The number of ether oxygens (including phenoxy) is 5. The smallest absolute Gasteiger partial charge is 0.343 e. The average molecular weight is 658 g/mol. The molecule has 0 amide bonds. The fourth-order valence-corrected chi connectivity index (χ4v) is 6.52. The zero-order chi connectivity index (χ0) is 34.2. The maximum atomic E-state index is 13.6. The number of anilines is 1. The number of fused-ring (bicyclic) bond motifs is 5. The minimum absolute atomic E-state index is 0.0927. The molecule has 3 N–H and O–H groups in total. The summed E-state index contributed by atoms with van der Waals surface area (Å²) in [5.74, 6) is 0.309. The number of rotatable bonds is 12. The van der Waals surface area contributed by atoms with Crippen LogP contribution in [0.2, 0.25) is 0 Å². The fraction of sp³-hybridized carbons (Fsp3) is 0.389. The molecular weight excluding hydrogens is 618 g/mol. The molecule has 4 aromatic rings. The van der Waals surface area contributed by atoms with E-state index in [4.69, 9.17) is 34.4 Å². The van der Waals surface area contributed by atoms with Gasteiger partial charge >= 0.3 is 11.9 Å². The van der Waals surface area contributed by atoms with E-state index in [-0.39, 0.29) is 29.8 Å². The molecule has 1 atom stereocenters. The van der Waals surface area contributed by atoms with Gasteiger partial charge in [0.15, 0.2) is 17.1 Å². The molecular formula is C36H39N3O9. The Kier molecular flexibility index (Phi) is 9.02. The fourth-order valence-electron chi connectivity index (χ4n) is 6.52. The number of hydrogen-bond acceptors (Lipinski definition) is 11. The van der Waals surface area contributed by atoms with E-state index in [2.05, 4.69) is 6.92 Å². The third kappa shape index (κ3) is 5.59. The number of esters is 2. The highest BCUT2D eigenvalue weighted by atomic mass is 16.6. The third-order valence-corrected chi connectivity index (χ3v) is 9.19. The molecule has 12 nitrogen and oxygen atoms in total. The van der Waals surface area contributed by atoms with Crippen LogP contribution in [0.15, 0.2) is 41.2 Å². The Hall–Kier alpha value is -5.10. The van der Waals surface area contributed by atoms with Crippen molar-refractivity contribution in [1.82, 2.24) is 9.55 Å². The third-order valence-electron chi connectivity index (χ3n) is 9.19. The van der Waals surface area contributed by atoms with Gasteiger partial charge in [-0.25, -0.2) is 14.6 Å². The van der Waals surface area contributed by atoms with Crippen molar-refractivity contribution in [1.29, 1.82) is 0 Å². The van der Waals surface area contributed by atoms with Gasteiger partial charge in [0.1, 0.15) is 12.4 Å². The number of benzene rings is 2. The molecule has 252 valence electrons. The number of pyridine rings is 2. The lowest BCUT2D eigenvalue weighted by molar-refractivity contribution is -0.172. The van der Waals surface area contributed by atoms with Gasteiger partial charge in [0.25, 0.3) is 5.56 Å². The van der Waals surface area contributed by atoms with Crippen molar-refractivity contribution in [3.8, 4) is 28.6 Å². The lowest BCUT2D eigenvalue weighted by Gasteiger charge is -2.31. The Balaban J connectivity index is 1.12. The van der Waals surface area contributed by atoms with E-state index < -0.39 is 17.5 Å². The summed E-state index contributed by atoms with van der Waals surface area (Å²) in [4.78, 5) is 42.9. The molecule has 6 rings (SSSR count). The molecule has 0 aliphatic carbocycles. The average Bonchev–Trinajstić information content (AvgIpc) is 3.46. The number of hydrogen-bond donors (Lipinski definition) is 2. The first kappa shape index (κ1) is 32.8. The summed E-state index contributed by atoms with van der Waals surface area (Å²) in [5, 5.41) is 12.1. The van der Waals surface area contributed by atoms with E-state index in [0.29, 0.717) is 53.8 Å². The highest BCUT2D eigenvalue weighted by Gasteiger charge is 2.45. The number of carbonyl (C=O) groups excluding carboxylic acids is 2. The molecule has 0 saturated heterocycles. The van der Waals surface area contributed by atoms with Gasteiger partial charge in [-0.15, -0.1) is 0 Å². The van der Waals surface area contributed by atoms with E-state index >= 15 is 0 Å². The molecule has 2 aromatic heterocycles. The van der Waals surface area contributed by atoms with Gasteiger partial charge < -0.3 is 39.1 Å². The standard InChI is InChI=1S/C36H39N3O9/c1-5-21-22-14-20(46-12-8-7-9-13-47-31-17-27(37)23(34(41)45-4)15-30(31)44-3)10-11-28(22)38-32-24(21)18-39-29(32)16-26-25(33(39)40)19-48-35(42)36(26,43)6-2/h10-11,14-17,43H,5-9,12-13,18-19,37H2,1-4H3/t36-/m0/s1. The van der Waals surface area contributed by atoms with E-state index in [1.807, 2.05) is 18.2 Å². The number of nitrogens with two attached hydrogens (primary N) is 1. The number of nitrogens with zero attached hydrogens (tertiary/aromatic N) is 2. The van der Waals surface area contributed by atoms with Crippen LogP contribution >= 0.6 is 0 Å². The summed E-state index contributed by atoms with van der Waals surface area (Å²) < 4.78 is 29.0. The van der Waals surface area contributed by atoms with Crippen molar-refractivity contribution in [3.05, 3.63) is 74.6 Å². The van der Waals surface area contributed by atoms with Gasteiger partial charge in [-0.2, -0.15) is 0 Å². The van der Waals surface area contributed by atoms with Crippen LogP contribution in [0.25, 0.3) is 22.3 Å². The number of cyclic esters (lactones) is 1. The molecule has 2 aliphatic heterocycles. The Morgan fingerprint density at radius 3 is 2.50 bits per heavy atom. The Morgan fingerprint density at radius 2 is 1.79 bits per heavy atom. The van der Waals surface area contributed by atoms with E-state index in [9.17, 15) is 19.5 Å². The van der Waals surface area contributed by atoms with Crippen LogP contribution in [0.3, 0.4) is 0 Å². The molecule has 0 saturated carbocycles. The van der Waals surface area contributed by atoms with E-state index in [1.54, 1.807) is 23.6 Å². The van der Waals surface area contributed by atoms with Gasteiger partial charge in [0.2, 0.25) is 0 Å². The second-order valence-electron chi connectivity index (χ2n) is 11.9. The molecule has 0 bridgehead atoms. The highest BCUT2D eigenvalue weighted by Crippen LogP contribution is 2.41. The summed E-state index contributed by atoms with van der Waals surface area (Å²) in [6.45, 7) is 4.91. The number of aromatic nitrogens is 2. The predicted octanol–water partition coefficient (Wildman–Crippen LogP) is 4.65. The number of unbranched alkanes of at least 4 members (excludes halogenated alkanes) is 2. The van der Waals surface area contributed by atoms with Crippen LogP contribution in [0.5, 0.6) is 17.2 Å². The van der Waals surface area contributed by atoms with Crippen molar-refractivity contribution >= 4 is 28.5 Å². The first-order chi connectivity index (χ1) is 23.1. The van der Waals surface area contributed by atoms with Gasteiger partial charge in [-0.05, 0) is 61.9 Å². The first-order valence-corrected chi connectivity index (χ1v) is 16.1. The predicted molar refractivity (Wildman–Crippen MR) is 177 cm³/mol. The molecule has 2 aromatic carbocycles. The van der Waals surface area contributed by atoms with Gasteiger partial charge in [0, 0.05) is 28.6 Å². The van der Waals surface area contributed by atoms with Crippen LogP contribution in [0.4, 0.5) is 5.69 Å². The monoisotopic (exact) mass is 657 g/mol. The molecule has 0 fully saturated rings. The number of aliphatic hydroxyl groups is 1. The first-order valence-electron chi connectivity index (χ1n) is 16.1. The second kappa shape index (κ2) is 13.2. The summed E-state index contributed by atoms with van der Waals surface area (Å²) in [5.41, 5.74) is 9.02. The molecule has 2 aliphatic rings. The quantitative estimate of drug-likeness (QED) is 0.109. The van der Waals surface area contributed by atoms with Crippen LogP contribution < -0.4 is 25.5 Å². The van der Waals surface area contributed by atoms with Crippen molar-refractivity contribution in [2.24, 2.45) is 0 Å². The minimum atomic E-state index is -1.86. The molecule has 4 heterocycles. The Bertz CT molecular complexity index is 1990. The van der Waals surface area contributed by atoms with Crippen LogP contribution in [-0.2, 0) is 39.4 Å². The number of carbonyl (C=O) groups is 2. The minimum Gasteiger partial charge on any atom is -0.494 e. The van der Waals surface area contributed by atoms with E-state index in [1.165, 1.54) is 20.3 Å². The number of aryl methyl sites for hydroxylation is 1. The SMILES string of the molecule is CCc1c2c(nc3ccc(OCCCCCOc4cc(N)c(C(=O)OC)cc4OC)cc13)-c1cc3c(c(=O)n1C2)COC(=O)[C@]3(O)CC. The number of nitrogen functional groups attached to an aromatic ring is 1. The summed E-state index contributed by atoms with van der Waals surface area (Å²) in [6.07, 6.45) is 3.26. The molecule has 12 heteroatoms. The summed E-state index contributed by atoms with van der Waals surface area (Å²) >= 11 is 0. The molecule has 0 unspecified atom stereocenters. The Labute approximate surface area is 277 Å². The van der Waals surface area contributed by atoms with Crippen LogP contribution in [0.1, 0.15) is 72.1 Å². The van der Waals surface area contributed by atoms with Gasteiger partial charge in [0.05, 0.1) is 67.7 Å². The zero-order valence-corrected chi connectivity index (χ0v) is 27.5. The van der Waals surface area contributed by atoms with Crippen LogP contribution in [0, 0.1) is 0 Å². The van der Waals surface area contributed by atoms with Gasteiger partial charge in [-0.3, -0.25) is 4.79 Å². The van der Waals surface area contributed by atoms with Crippen molar-refractivity contribution in [2.45, 2.75) is 64.7 Å². The molecule has 0 spiro atoms. The normalized spacial score (nSPS) is 16.1. The highest BCUT2D eigenvalue weighted by molar-refractivity contribution is 5.96. The summed E-state index contributed by atoms with van der Waals surface area (Å²) in [7, 11) is 2.79. The summed E-state index contributed by atoms with van der Waals surface area (Å²) in [6, 6.07) is 10.6. The zero-order valence-electron chi connectivity index (χ0n) is 27.5. The van der Waals surface area contributed by atoms with E-state index in [0.717, 1.165) is 53.5 Å². The Morgan fingerprint density at radius 1 is 1.02 bits per heavy atom. The molecule has 48 heavy (non-hydrogen) atoms. The maximum absolute atomic E-state index is 13.6. The topological polar surface area (TPSA) is 161 Å². The van der Waals surface area contributed by atoms with Gasteiger partial charge in [-0.1, -0.05) is 13.8 Å². The lowest BCUT2D eigenvalue weighted by Crippen LogP contribution is -2.44.